The predicted molar refractivity (Wildman–Crippen MR) is 77.7 cm³/mol. The average molecular weight is 270 g/mol. The van der Waals surface area contributed by atoms with Crippen molar-refractivity contribution >= 4 is 16.7 Å². The van der Waals surface area contributed by atoms with E-state index in [-0.39, 0.29) is 11.9 Å². The van der Waals surface area contributed by atoms with E-state index in [0.29, 0.717) is 17.2 Å². The lowest BCUT2D eigenvalue weighted by Crippen LogP contribution is -2.05. The number of anilines is 1. The van der Waals surface area contributed by atoms with Crippen LogP contribution in [0.3, 0.4) is 0 Å². The van der Waals surface area contributed by atoms with Gasteiger partial charge in [-0.2, -0.15) is 0 Å². The van der Waals surface area contributed by atoms with Crippen LogP contribution >= 0.6 is 0 Å². The quantitative estimate of drug-likeness (QED) is 0.776. The molecule has 102 valence electrons. The van der Waals surface area contributed by atoms with Gasteiger partial charge in [-0.05, 0) is 44.2 Å². The van der Waals surface area contributed by atoms with E-state index in [9.17, 15) is 4.39 Å². The summed E-state index contributed by atoms with van der Waals surface area (Å²) in [6.45, 7) is 4.04. The number of rotatable bonds is 2. The molecule has 0 saturated carbocycles. The Morgan fingerprint density at radius 3 is 2.75 bits per heavy atom. The molecule has 0 atom stereocenters. The Labute approximate surface area is 116 Å². The molecule has 20 heavy (non-hydrogen) atoms. The van der Waals surface area contributed by atoms with Crippen LogP contribution in [0.2, 0.25) is 0 Å². The normalized spacial score (nSPS) is 11.4. The van der Waals surface area contributed by atoms with Crippen LogP contribution in [-0.2, 0) is 0 Å². The fourth-order valence-corrected chi connectivity index (χ4v) is 2.36. The summed E-state index contributed by atoms with van der Waals surface area (Å²) in [5.41, 5.74) is 8.65. The molecule has 0 bridgehead atoms. The van der Waals surface area contributed by atoms with Gasteiger partial charge in [0.15, 0.2) is 5.82 Å². The zero-order valence-electron chi connectivity index (χ0n) is 11.3. The third-order valence-corrected chi connectivity index (χ3v) is 3.22. The van der Waals surface area contributed by atoms with Crippen LogP contribution in [0, 0.1) is 5.82 Å². The SMILES string of the molecule is CC(C)n1c(-c2ncccc2N)nc2ccc(F)cc21. The summed E-state index contributed by atoms with van der Waals surface area (Å²) in [5, 5.41) is 0. The molecule has 0 fully saturated rings. The fourth-order valence-electron chi connectivity index (χ4n) is 2.36. The smallest absolute Gasteiger partial charge is 0.162 e. The van der Waals surface area contributed by atoms with Gasteiger partial charge in [-0.3, -0.25) is 4.98 Å². The summed E-state index contributed by atoms with van der Waals surface area (Å²) in [5.74, 6) is 0.388. The third kappa shape index (κ3) is 1.91. The minimum Gasteiger partial charge on any atom is -0.397 e. The highest BCUT2D eigenvalue weighted by Gasteiger charge is 2.17. The van der Waals surface area contributed by atoms with Crippen molar-refractivity contribution in [2.45, 2.75) is 19.9 Å². The molecular weight excluding hydrogens is 255 g/mol. The second-order valence-electron chi connectivity index (χ2n) is 4.97. The maximum atomic E-state index is 13.5. The monoisotopic (exact) mass is 270 g/mol. The Kier molecular flexibility index (Phi) is 2.89. The molecule has 0 saturated heterocycles. The van der Waals surface area contributed by atoms with Gasteiger partial charge in [0.05, 0.1) is 16.7 Å². The lowest BCUT2D eigenvalue weighted by atomic mass is 10.2. The molecule has 0 aliphatic rings. The lowest BCUT2D eigenvalue weighted by Gasteiger charge is -2.13. The topological polar surface area (TPSA) is 56.7 Å². The van der Waals surface area contributed by atoms with E-state index in [1.165, 1.54) is 12.1 Å². The number of aromatic nitrogens is 3. The second-order valence-corrected chi connectivity index (χ2v) is 4.97. The fraction of sp³-hybridized carbons (Fsp3) is 0.200. The van der Waals surface area contributed by atoms with Crippen LogP contribution in [0.1, 0.15) is 19.9 Å². The maximum Gasteiger partial charge on any atom is 0.162 e. The van der Waals surface area contributed by atoms with Crippen molar-refractivity contribution in [2.75, 3.05) is 5.73 Å². The summed E-state index contributed by atoms with van der Waals surface area (Å²) in [6, 6.07) is 8.26. The molecule has 3 aromatic rings. The molecule has 4 nitrogen and oxygen atoms in total. The molecule has 3 rings (SSSR count). The van der Waals surface area contributed by atoms with E-state index >= 15 is 0 Å². The molecule has 0 unspecified atom stereocenters. The van der Waals surface area contributed by atoms with Gasteiger partial charge in [0, 0.05) is 12.2 Å². The Morgan fingerprint density at radius 2 is 2.05 bits per heavy atom. The van der Waals surface area contributed by atoms with Crippen molar-refractivity contribution in [1.29, 1.82) is 0 Å². The van der Waals surface area contributed by atoms with Crippen molar-refractivity contribution in [3.63, 3.8) is 0 Å². The number of nitrogens with zero attached hydrogens (tertiary/aromatic N) is 3. The van der Waals surface area contributed by atoms with E-state index in [4.69, 9.17) is 5.73 Å². The molecule has 0 aliphatic carbocycles. The highest BCUT2D eigenvalue weighted by Crippen LogP contribution is 2.30. The van der Waals surface area contributed by atoms with E-state index in [0.717, 1.165) is 11.0 Å². The summed E-state index contributed by atoms with van der Waals surface area (Å²) >= 11 is 0. The standard InChI is InChI=1S/C15H15FN4/c1-9(2)20-13-8-10(16)5-6-12(13)19-15(20)14-11(17)4-3-7-18-14/h3-9H,17H2,1-2H3. The second kappa shape index (κ2) is 4.59. The van der Waals surface area contributed by atoms with Crippen molar-refractivity contribution in [3.05, 3.63) is 42.3 Å². The van der Waals surface area contributed by atoms with Crippen LogP contribution in [0.15, 0.2) is 36.5 Å². The number of pyridine rings is 1. The third-order valence-electron chi connectivity index (χ3n) is 3.22. The molecular formula is C15H15FN4. The first kappa shape index (κ1) is 12.6. The van der Waals surface area contributed by atoms with Crippen LogP contribution in [-0.4, -0.2) is 14.5 Å². The minimum atomic E-state index is -0.278. The van der Waals surface area contributed by atoms with Gasteiger partial charge in [0.25, 0.3) is 0 Å². The van der Waals surface area contributed by atoms with Gasteiger partial charge in [-0.1, -0.05) is 0 Å². The van der Waals surface area contributed by atoms with Crippen LogP contribution in [0.25, 0.3) is 22.6 Å². The maximum absolute atomic E-state index is 13.5. The first-order chi connectivity index (χ1) is 9.58. The molecule has 1 aromatic carbocycles. The van der Waals surface area contributed by atoms with Crippen molar-refractivity contribution in [3.8, 4) is 11.5 Å². The highest BCUT2D eigenvalue weighted by molar-refractivity contribution is 5.82. The summed E-state index contributed by atoms with van der Waals surface area (Å²) in [7, 11) is 0. The van der Waals surface area contributed by atoms with Crippen LogP contribution in [0.4, 0.5) is 10.1 Å². The number of nitrogens with two attached hydrogens (primary N) is 1. The summed E-state index contributed by atoms with van der Waals surface area (Å²) in [6.07, 6.45) is 1.68. The Bertz CT molecular complexity index is 777. The van der Waals surface area contributed by atoms with Gasteiger partial charge in [-0.15, -0.1) is 0 Å². The lowest BCUT2D eigenvalue weighted by molar-refractivity contribution is 0.612. The molecule has 5 heteroatoms. The summed E-state index contributed by atoms with van der Waals surface area (Å²) < 4.78 is 15.4. The molecule has 0 radical (unpaired) electrons. The largest absolute Gasteiger partial charge is 0.397 e. The molecule has 2 N–H and O–H groups in total. The van der Waals surface area contributed by atoms with E-state index < -0.39 is 0 Å². The molecule has 0 spiro atoms. The van der Waals surface area contributed by atoms with E-state index in [1.54, 1.807) is 24.4 Å². The molecule has 0 aliphatic heterocycles. The van der Waals surface area contributed by atoms with Gasteiger partial charge in [0.1, 0.15) is 11.5 Å². The van der Waals surface area contributed by atoms with Gasteiger partial charge in [0.2, 0.25) is 0 Å². The van der Waals surface area contributed by atoms with Gasteiger partial charge >= 0.3 is 0 Å². The van der Waals surface area contributed by atoms with Crippen molar-refractivity contribution < 1.29 is 4.39 Å². The van der Waals surface area contributed by atoms with Gasteiger partial charge in [-0.25, -0.2) is 9.37 Å². The zero-order chi connectivity index (χ0) is 14.3. The molecule has 2 aromatic heterocycles. The molecule has 0 amide bonds. The minimum absolute atomic E-state index is 0.123. The average Bonchev–Trinajstić information content (AvgIpc) is 2.77. The number of halogens is 1. The number of hydrogen-bond acceptors (Lipinski definition) is 3. The van der Waals surface area contributed by atoms with Crippen LogP contribution in [0.5, 0.6) is 0 Å². The number of fused-ring (bicyclic) bond motifs is 1. The Balaban J connectivity index is 2.36. The predicted octanol–water partition coefficient (Wildman–Crippen LogP) is 3.40. The molecule has 2 heterocycles. The number of nitrogen functional groups attached to an aromatic ring is 1. The first-order valence-electron chi connectivity index (χ1n) is 6.46. The number of benzene rings is 1. The highest BCUT2D eigenvalue weighted by atomic mass is 19.1. The summed E-state index contributed by atoms with van der Waals surface area (Å²) in [4.78, 5) is 8.87. The number of hydrogen-bond donors (Lipinski definition) is 1. The van der Waals surface area contributed by atoms with E-state index in [1.807, 2.05) is 18.4 Å². The van der Waals surface area contributed by atoms with E-state index in [2.05, 4.69) is 9.97 Å². The van der Waals surface area contributed by atoms with Crippen LogP contribution < -0.4 is 5.73 Å². The first-order valence-corrected chi connectivity index (χ1v) is 6.46. The zero-order valence-corrected chi connectivity index (χ0v) is 11.3. The van der Waals surface area contributed by atoms with Gasteiger partial charge < -0.3 is 10.3 Å². The number of imidazole rings is 1. The Hall–Kier alpha value is -2.43. The van der Waals surface area contributed by atoms with Crippen molar-refractivity contribution in [1.82, 2.24) is 14.5 Å². The van der Waals surface area contributed by atoms with Crippen molar-refractivity contribution in [2.24, 2.45) is 0 Å². The Morgan fingerprint density at radius 1 is 1.25 bits per heavy atom.